The molecule has 1 amide bonds. The predicted octanol–water partition coefficient (Wildman–Crippen LogP) is 2.08. The van der Waals surface area contributed by atoms with Gasteiger partial charge in [-0.3, -0.25) is 9.59 Å². The molecular weight excluding hydrogens is 268 g/mol. The molecule has 0 aromatic heterocycles. The Morgan fingerprint density at radius 3 is 2.38 bits per heavy atom. The van der Waals surface area contributed by atoms with Gasteiger partial charge in [0.25, 0.3) is 0 Å². The van der Waals surface area contributed by atoms with E-state index in [4.69, 9.17) is 10.8 Å². The predicted molar refractivity (Wildman–Crippen MR) is 81.6 cm³/mol. The van der Waals surface area contributed by atoms with Gasteiger partial charge in [0.05, 0.1) is 12.1 Å². The molecule has 5 heteroatoms. The van der Waals surface area contributed by atoms with Crippen molar-refractivity contribution in [2.45, 2.75) is 45.2 Å². The van der Waals surface area contributed by atoms with Crippen molar-refractivity contribution < 1.29 is 14.7 Å². The molecule has 116 valence electrons. The molecule has 1 aromatic rings. The first-order chi connectivity index (χ1) is 9.90. The number of hydrogen-bond acceptors (Lipinski definition) is 3. The summed E-state index contributed by atoms with van der Waals surface area (Å²) in [7, 11) is 0. The molecule has 0 saturated carbocycles. The minimum Gasteiger partial charge on any atom is -0.481 e. The van der Waals surface area contributed by atoms with E-state index in [1.165, 1.54) is 0 Å². The molecule has 0 aliphatic carbocycles. The molecule has 0 radical (unpaired) electrons. The van der Waals surface area contributed by atoms with E-state index in [0.29, 0.717) is 18.8 Å². The fourth-order valence-electron chi connectivity index (χ4n) is 2.17. The van der Waals surface area contributed by atoms with Crippen molar-refractivity contribution in [2.24, 2.45) is 11.7 Å². The summed E-state index contributed by atoms with van der Waals surface area (Å²) in [6, 6.07) is 8.46. The van der Waals surface area contributed by atoms with Crippen molar-refractivity contribution in [3.05, 3.63) is 35.9 Å². The van der Waals surface area contributed by atoms with Crippen LogP contribution in [0.4, 0.5) is 0 Å². The van der Waals surface area contributed by atoms with Gasteiger partial charge in [0, 0.05) is 6.42 Å². The van der Waals surface area contributed by atoms with Crippen LogP contribution in [0.25, 0.3) is 0 Å². The Morgan fingerprint density at radius 2 is 1.86 bits per heavy atom. The van der Waals surface area contributed by atoms with Crippen molar-refractivity contribution in [3.63, 3.8) is 0 Å². The van der Waals surface area contributed by atoms with E-state index < -0.39 is 12.0 Å². The minimum absolute atomic E-state index is 0.000735. The highest BCUT2D eigenvalue weighted by molar-refractivity contribution is 5.82. The second-order valence-electron chi connectivity index (χ2n) is 5.64. The number of nitrogens with one attached hydrogen (secondary N) is 1. The lowest BCUT2D eigenvalue weighted by Crippen LogP contribution is -2.43. The van der Waals surface area contributed by atoms with Crippen molar-refractivity contribution in [1.82, 2.24) is 5.32 Å². The zero-order valence-electron chi connectivity index (χ0n) is 12.6. The summed E-state index contributed by atoms with van der Waals surface area (Å²) in [5, 5.41) is 11.7. The number of carboxylic acid groups (broad SMARTS) is 1. The number of carbonyl (C=O) groups is 2. The summed E-state index contributed by atoms with van der Waals surface area (Å²) in [5.74, 6) is -0.778. The Labute approximate surface area is 125 Å². The van der Waals surface area contributed by atoms with Crippen LogP contribution in [0.2, 0.25) is 0 Å². The molecule has 0 aliphatic heterocycles. The Balaban J connectivity index is 2.73. The maximum Gasteiger partial charge on any atom is 0.303 e. The van der Waals surface area contributed by atoms with Gasteiger partial charge in [-0.25, -0.2) is 0 Å². The topological polar surface area (TPSA) is 92.4 Å². The zero-order chi connectivity index (χ0) is 15.8. The lowest BCUT2D eigenvalue weighted by atomic mass is 10.00. The average molecular weight is 292 g/mol. The van der Waals surface area contributed by atoms with Crippen molar-refractivity contribution in [3.8, 4) is 0 Å². The van der Waals surface area contributed by atoms with Crippen LogP contribution < -0.4 is 11.1 Å². The first-order valence-electron chi connectivity index (χ1n) is 7.22. The van der Waals surface area contributed by atoms with Crippen LogP contribution in [-0.4, -0.2) is 23.0 Å². The third-order valence-corrected chi connectivity index (χ3v) is 3.23. The summed E-state index contributed by atoms with van der Waals surface area (Å²) >= 11 is 0. The molecule has 0 spiro atoms. The van der Waals surface area contributed by atoms with Gasteiger partial charge < -0.3 is 16.2 Å². The summed E-state index contributed by atoms with van der Waals surface area (Å²) in [5.41, 5.74) is 6.76. The van der Waals surface area contributed by atoms with Crippen LogP contribution in [0.3, 0.4) is 0 Å². The zero-order valence-corrected chi connectivity index (χ0v) is 12.6. The molecule has 1 rings (SSSR count). The highest BCUT2D eigenvalue weighted by Crippen LogP contribution is 2.18. The fraction of sp³-hybridized carbons (Fsp3) is 0.500. The Bertz CT molecular complexity index is 460. The van der Waals surface area contributed by atoms with Gasteiger partial charge in [0.1, 0.15) is 0 Å². The average Bonchev–Trinajstić information content (AvgIpc) is 2.43. The Hall–Kier alpha value is -1.88. The van der Waals surface area contributed by atoms with Crippen molar-refractivity contribution in [2.75, 3.05) is 0 Å². The number of hydrogen-bond donors (Lipinski definition) is 3. The largest absolute Gasteiger partial charge is 0.481 e. The standard InChI is InChI=1S/C16H24N2O3/c1-11(2)10-13(17)16(21)18-14(8-9-15(19)20)12-6-4-3-5-7-12/h3-7,11,13-14H,8-10,17H2,1-2H3,(H,18,21)(H,19,20). The molecule has 2 unspecified atom stereocenters. The second kappa shape index (κ2) is 8.42. The van der Waals surface area contributed by atoms with E-state index >= 15 is 0 Å². The van der Waals surface area contributed by atoms with E-state index in [0.717, 1.165) is 5.56 Å². The molecular formula is C16H24N2O3. The lowest BCUT2D eigenvalue weighted by Gasteiger charge is -2.21. The summed E-state index contributed by atoms with van der Waals surface area (Å²) in [6.07, 6.45) is 0.949. The molecule has 1 aromatic carbocycles. The Kier molecular flexibility index (Phi) is 6.88. The summed E-state index contributed by atoms with van der Waals surface area (Å²) < 4.78 is 0. The third kappa shape index (κ3) is 6.40. The molecule has 21 heavy (non-hydrogen) atoms. The maximum atomic E-state index is 12.1. The highest BCUT2D eigenvalue weighted by atomic mass is 16.4. The van der Waals surface area contributed by atoms with Crippen molar-refractivity contribution in [1.29, 1.82) is 0 Å². The summed E-state index contributed by atoms with van der Waals surface area (Å²) in [6.45, 7) is 4.01. The number of benzene rings is 1. The number of rotatable bonds is 8. The van der Waals surface area contributed by atoms with Crippen LogP contribution in [0.5, 0.6) is 0 Å². The molecule has 4 N–H and O–H groups in total. The van der Waals surface area contributed by atoms with Crippen LogP contribution in [0, 0.1) is 5.92 Å². The van der Waals surface area contributed by atoms with Crippen molar-refractivity contribution >= 4 is 11.9 Å². The van der Waals surface area contributed by atoms with Gasteiger partial charge in [0.2, 0.25) is 5.91 Å². The molecule has 0 fully saturated rings. The molecule has 5 nitrogen and oxygen atoms in total. The van der Waals surface area contributed by atoms with Crippen LogP contribution in [-0.2, 0) is 9.59 Å². The third-order valence-electron chi connectivity index (χ3n) is 3.23. The van der Waals surface area contributed by atoms with E-state index in [9.17, 15) is 9.59 Å². The molecule has 0 saturated heterocycles. The maximum absolute atomic E-state index is 12.1. The monoisotopic (exact) mass is 292 g/mol. The molecule has 0 aliphatic rings. The Morgan fingerprint density at radius 1 is 1.24 bits per heavy atom. The number of nitrogens with two attached hydrogens (primary N) is 1. The number of carboxylic acids is 1. The quantitative estimate of drug-likeness (QED) is 0.684. The van der Waals surface area contributed by atoms with Crippen LogP contribution in [0.1, 0.15) is 44.7 Å². The first-order valence-corrected chi connectivity index (χ1v) is 7.22. The van der Waals surface area contributed by atoms with Gasteiger partial charge >= 0.3 is 5.97 Å². The van der Waals surface area contributed by atoms with Gasteiger partial charge in [0.15, 0.2) is 0 Å². The van der Waals surface area contributed by atoms with E-state index in [2.05, 4.69) is 5.32 Å². The normalized spacial score (nSPS) is 13.7. The number of amides is 1. The van der Waals surface area contributed by atoms with Crippen LogP contribution >= 0.6 is 0 Å². The molecule has 2 atom stereocenters. The number of aliphatic carboxylic acids is 1. The molecule has 0 bridgehead atoms. The van der Waals surface area contributed by atoms with E-state index in [1.807, 2.05) is 44.2 Å². The van der Waals surface area contributed by atoms with Gasteiger partial charge in [-0.15, -0.1) is 0 Å². The smallest absolute Gasteiger partial charge is 0.303 e. The van der Waals surface area contributed by atoms with Gasteiger partial charge in [-0.05, 0) is 24.3 Å². The number of carbonyl (C=O) groups excluding carboxylic acids is 1. The van der Waals surface area contributed by atoms with Gasteiger partial charge in [-0.2, -0.15) is 0 Å². The second-order valence-corrected chi connectivity index (χ2v) is 5.64. The molecule has 0 heterocycles. The first kappa shape index (κ1) is 17.2. The minimum atomic E-state index is -0.878. The van der Waals surface area contributed by atoms with Gasteiger partial charge in [-0.1, -0.05) is 44.2 Å². The lowest BCUT2D eigenvalue weighted by molar-refractivity contribution is -0.137. The van der Waals surface area contributed by atoms with Crippen LogP contribution in [0.15, 0.2) is 30.3 Å². The SMILES string of the molecule is CC(C)CC(N)C(=O)NC(CCC(=O)O)c1ccccc1. The summed E-state index contributed by atoms with van der Waals surface area (Å²) in [4.78, 5) is 22.9. The van der Waals surface area contributed by atoms with E-state index in [1.54, 1.807) is 0 Å². The fourth-order valence-corrected chi connectivity index (χ4v) is 2.17. The van der Waals surface area contributed by atoms with E-state index in [-0.39, 0.29) is 18.4 Å². The highest BCUT2D eigenvalue weighted by Gasteiger charge is 2.20.